The number of carbonyl (C=O) groups is 1. The number of nitrogens with zero attached hydrogens (tertiary/aromatic N) is 4. The molecule has 2 atom stereocenters. The van der Waals surface area contributed by atoms with E-state index in [2.05, 4.69) is 25.2 Å². The zero-order valence-corrected chi connectivity index (χ0v) is 22.4. The summed E-state index contributed by atoms with van der Waals surface area (Å²) in [7, 11) is 0. The minimum absolute atomic E-state index is 0.0359. The summed E-state index contributed by atoms with van der Waals surface area (Å²) >= 11 is 0. The van der Waals surface area contributed by atoms with Crippen molar-refractivity contribution < 1.29 is 23.1 Å². The molecule has 216 valence electrons. The highest BCUT2D eigenvalue weighted by Crippen LogP contribution is 2.59. The van der Waals surface area contributed by atoms with E-state index in [1.165, 1.54) is 23.2 Å². The number of carbonyl (C=O) groups excluding carboxylic acids is 1. The summed E-state index contributed by atoms with van der Waals surface area (Å²) in [4.78, 5) is 40.8. The normalized spacial score (nSPS) is 21.4. The van der Waals surface area contributed by atoms with Gasteiger partial charge in [0.2, 0.25) is 0 Å². The average molecular weight is 577 g/mol. The maximum Gasteiger partial charge on any atom is 0.259 e. The van der Waals surface area contributed by atoms with Crippen molar-refractivity contribution in [1.29, 1.82) is 0 Å². The highest BCUT2D eigenvalue weighted by molar-refractivity contribution is 5.96. The predicted molar refractivity (Wildman–Crippen MR) is 151 cm³/mol. The fourth-order valence-electron chi connectivity index (χ4n) is 6.05. The van der Waals surface area contributed by atoms with Crippen LogP contribution in [-0.4, -0.2) is 69.1 Å². The highest BCUT2D eigenvalue weighted by atomic mass is 19.3. The van der Waals surface area contributed by atoms with E-state index in [9.17, 15) is 23.5 Å². The molecule has 4 aromatic rings. The van der Waals surface area contributed by atoms with Crippen LogP contribution in [-0.2, 0) is 0 Å². The van der Waals surface area contributed by atoms with Crippen LogP contribution in [0.15, 0.2) is 59.7 Å². The molecule has 1 aliphatic carbocycles. The number of amides is 1. The molecule has 3 fully saturated rings. The van der Waals surface area contributed by atoms with Gasteiger partial charge in [-0.25, -0.2) is 23.1 Å². The maximum atomic E-state index is 15.4. The van der Waals surface area contributed by atoms with Crippen molar-refractivity contribution in [3.05, 3.63) is 76.6 Å². The van der Waals surface area contributed by atoms with Gasteiger partial charge in [-0.3, -0.25) is 9.59 Å². The van der Waals surface area contributed by atoms with Gasteiger partial charge in [-0.05, 0) is 55.3 Å². The summed E-state index contributed by atoms with van der Waals surface area (Å²) in [6.07, 6.45) is 4.28. The van der Waals surface area contributed by atoms with Crippen molar-refractivity contribution in [2.75, 3.05) is 36.4 Å². The van der Waals surface area contributed by atoms with Crippen LogP contribution in [0, 0.1) is 17.7 Å². The fraction of sp³-hybridized carbons (Fsp3) is 0.333. The first-order valence-electron chi connectivity index (χ1n) is 13.8. The molecule has 1 amide bonds. The number of nitrogens with one attached hydrogen (secondary N) is 2. The molecule has 3 aromatic heterocycles. The van der Waals surface area contributed by atoms with E-state index in [-0.39, 0.29) is 47.0 Å². The molecule has 9 nitrogen and oxygen atoms in total. The molecule has 1 saturated carbocycles. The number of aliphatic hydroxyl groups is 1. The Morgan fingerprint density at radius 1 is 1.07 bits per heavy atom. The number of rotatable bonds is 5. The summed E-state index contributed by atoms with van der Waals surface area (Å²) < 4.78 is 42.5. The Hall–Kier alpha value is -4.45. The Morgan fingerprint density at radius 3 is 2.52 bits per heavy atom. The quantitative estimate of drug-likeness (QED) is 0.327. The summed E-state index contributed by atoms with van der Waals surface area (Å²) in [6.45, 7) is 1.39. The second-order valence-electron chi connectivity index (χ2n) is 11.2. The number of fused-ring (bicyclic) bond motifs is 2. The number of hydrogen-bond donors (Lipinski definition) is 3. The van der Waals surface area contributed by atoms with E-state index in [4.69, 9.17) is 0 Å². The number of piperidine rings is 2. The van der Waals surface area contributed by atoms with Gasteiger partial charge >= 0.3 is 0 Å². The topological polar surface area (TPSA) is 114 Å². The molecule has 0 spiro atoms. The van der Waals surface area contributed by atoms with Crippen molar-refractivity contribution in [1.82, 2.24) is 19.9 Å². The number of aromatic amines is 1. The number of benzene rings is 1. The zero-order chi connectivity index (χ0) is 29.2. The van der Waals surface area contributed by atoms with Crippen molar-refractivity contribution >= 4 is 34.0 Å². The van der Waals surface area contributed by atoms with Gasteiger partial charge in [-0.15, -0.1) is 0 Å². The Labute approximate surface area is 238 Å². The van der Waals surface area contributed by atoms with Gasteiger partial charge in [-0.1, -0.05) is 0 Å². The number of halogens is 3. The van der Waals surface area contributed by atoms with Gasteiger partial charge < -0.3 is 25.2 Å². The Morgan fingerprint density at radius 2 is 1.83 bits per heavy atom. The lowest BCUT2D eigenvalue weighted by molar-refractivity contribution is 0.0458. The minimum atomic E-state index is -2.71. The van der Waals surface area contributed by atoms with E-state index >= 15 is 4.39 Å². The molecule has 7 rings (SSSR count). The van der Waals surface area contributed by atoms with E-state index in [0.717, 1.165) is 24.8 Å². The third-order valence-electron chi connectivity index (χ3n) is 8.55. The smallest absolute Gasteiger partial charge is 0.259 e. The van der Waals surface area contributed by atoms with Gasteiger partial charge in [0.05, 0.1) is 52.1 Å². The van der Waals surface area contributed by atoms with Crippen LogP contribution in [0.25, 0.3) is 22.2 Å². The summed E-state index contributed by atoms with van der Waals surface area (Å²) in [5.41, 5.74) is 1.66. The van der Waals surface area contributed by atoms with Crippen LogP contribution < -0.4 is 15.8 Å². The van der Waals surface area contributed by atoms with Crippen LogP contribution in [0.3, 0.4) is 0 Å². The van der Waals surface area contributed by atoms with Gasteiger partial charge in [0.25, 0.3) is 17.4 Å². The van der Waals surface area contributed by atoms with Crippen LogP contribution in [0.2, 0.25) is 0 Å². The van der Waals surface area contributed by atoms with Crippen LogP contribution in [0.5, 0.6) is 0 Å². The first-order valence-corrected chi connectivity index (χ1v) is 13.8. The van der Waals surface area contributed by atoms with Gasteiger partial charge in [-0.2, -0.15) is 0 Å². The largest absolute Gasteiger partial charge is 0.393 e. The first-order chi connectivity index (χ1) is 20.2. The first kappa shape index (κ1) is 26.4. The Kier molecular flexibility index (Phi) is 6.19. The standard InChI is InChI=1S/C30H27F3N6O3/c31-22-11-16(29(42)39-14-20-21(15-39)30(20,32)33)1-3-19(22)24-12-25(27-23(36-24)5-8-34-28(27)41)37-26-4-2-17(13-35-26)38-9-6-18(40)7-10-38/h1-5,8,11-13,18,20-21,40H,6-7,9-10,14-15H2,(H,34,41)(H,35,36,37). The molecule has 5 heterocycles. The Bertz CT molecular complexity index is 1740. The molecular weight excluding hydrogens is 549 g/mol. The number of alkyl halides is 2. The fourth-order valence-corrected chi connectivity index (χ4v) is 6.05. The van der Waals surface area contributed by atoms with Crippen molar-refractivity contribution in [3.8, 4) is 11.3 Å². The lowest BCUT2D eigenvalue weighted by atomic mass is 10.0. The third-order valence-corrected chi connectivity index (χ3v) is 8.55. The van der Waals surface area contributed by atoms with Gasteiger partial charge in [0.1, 0.15) is 11.6 Å². The summed E-state index contributed by atoms with van der Waals surface area (Å²) in [6, 6.07) is 10.8. The van der Waals surface area contributed by atoms with E-state index in [1.54, 1.807) is 24.4 Å². The molecule has 3 N–H and O–H groups in total. The second-order valence-corrected chi connectivity index (χ2v) is 11.2. The molecule has 0 radical (unpaired) electrons. The lowest BCUT2D eigenvalue weighted by Gasteiger charge is -2.31. The molecule has 1 aromatic carbocycles. The molecule has 2 unspecified atom stereocenters. The number of pyridine rings is 3. The van der Waals surface area contributed by atoms with Crippen molar-refractivity contribution in [2.45, 2.75) is 24.9 Å². The second kappa shape index (κ2) is 9.83. The molecule has 2 aliphatic heterocycles. The molecule has 12 heteroatoms. The maximum absolute atomic E-state index is 15.4. The van der Waals surface area contributed by atoms with Gasteiger partial charge in [0.15, 0.2) is 0 Å². The lowest BCUT2D eigenvalue weighted by Crippen LogP contribution is -2.35. The number of aliphatic hydroxyl groups excluding tert-OH is 1. The molecular formula is C30H27F3N6O3. The van der Waals surface area contributed by atoms with Crippen molar-refractivity contribution in [3.63, 3.8) is 0 Å². The molecule has 0 bridgehead atoms. The number of hydrogen-bond acceptors (Lipinski definition) is 7. The number of aromatic nitrogens is 3. The highest BCUT2D eigenvalue weighted by Gasteiger charge is 2.72. The summed E-state index contributed by atoms with van der Waals surface area (Å²) in [5.74, 6) is -5.06. The Balaban J connectivity index is 1.16. The SMILES string of the molecule is O=C(c1ccc(-c2cc(Nc3ccc(N4CCC(O)CC4)cn3)c3c(=O)[nH]ccc3n2)c(F)c1)N1CC2C(C1)C2(F)F. The zero-order valence-electron chi connectivity index (χ0n) is 22.4. The van der Waals surface area contributed by atoms with Crippen LogP contribution >= 0.6 is 0 Å². The van der Waals surface area contributed by atoms with Crippen LogP contribution in [0.4, 0.5) is 30.4 Å². The summed E-state index contributed by atoms with van der Waals surface area (Å²) in [5, 5.41) is 13.2. The van der Waals surface area contributed by atoms with E-state index in [0.29, 0.717) is 29.9 Å². The third kappa shape index (κ3) is 4.55. The van der Waals surface area contributed by atoms with Crippen molar-refractivity contribution in [2.24, 2.45) is 11.8 Å². The monoisotopic (exact) mass is 576 g/mol. The van der Waals surface area contributed by atoms with E-state index in [1.807, 2.05) is 6.07 Å². The molecule has 2 saturated heterocycles. The molecule has 42 heavy (non-hydrogen) atoms. The molecule has 3 aliphatic rings. The minimum Gasteiger partial charge on any atom is -0.393 e. The number of likely N-dealkylation sites (tertiary alicyclic amines) is 1. The van der Waals surface area contributed by atoms with Crippen LogP contribution in [0.1, 0.15) is 23.2 Å². The van der Waals surface area contributed by atoms with E-state index < -0.39 is 29.5 Å². The number of anilines is 3. The predicted octanol–water partition coefficient (Wildman–Crippen LogP) is 4.17. The number of H-pyrrole nitrogens is 1. The average Bonchev–Trinajstić information content (AvgIpc) is 3.28. The van der Waals surface area contributed by atoms with Gasteiger partial charge in [0, 0.05) is 43.5 Å².